The molecule has 0 spiro atoms. The molecule has 2 aromatic rings. The molecule has 8 nitrogen and oxygen atoms in total. The van der Waals surface area contributed by atoms with Gasteiger partial charge in [0.25, 0.3) is 0 Å². The highest BCUT2D eigenvalue weighted by Crippen LogP contribution is 2.20. The Morgan fingerprint density at radius 2 is 2.16 bits per heavy atom. The van der Waals surface area contributed by atoms with Crippen LogP contribution in [-0.4, -0.2) is 49.1 Å². The summed E-state index contributed by atoms with van der Waals surface area (Å²) in [7, 11) is 0. The molecule has 1 saturated heterocycles. The van der Waals surface area contributed by atoms with Crippen LogP contribution in [-0.2, 0) is 17.9 Å². The van der Waals surface area contributed by atoms with Gasteiger partial charge in [0.15, 0.2) is 5.82 Å². The number of pyridine rings is 1. The minimum Gasteiger partial charge on any atom is -0.310 e. The highest BCUT2D eigenvalue weighted by atomic mass is 16.1. The Morgan fingerprint density at radius 1 is 1.32 bits per heavy atom. The Balaban J connectivity index is 1.47. The second-order valence-corrected chi connectivity index (χ2v) is 6.43. The zero-order valence-electron chi connectivity index (χ0n) is 14.6. The molecule has 2 aromatic heterocycles. The molecule has 3 heterocycles. The fourth-order valence-corrected chi connectivity index (χ4v) is 3.04. The number of carbonyl (C=O) groups excluding carboxylic acids is 1. The predicted molar refractivity (Wildman–Crippen MR) is 93.6 cm³/mol. The molecule has 1 aliphatic heterocycles. The normalized spacial score (nSPS) is 16.0. The van der Waals surface area contributed by atoms with Crippen molar-refractivity contribution in [3.05, 3.63) is 30.2 Å². The number of hydrogen-bond acceptors (Lipinski definition) is 6. The van der Waals surface area contributed by atoms with Gasteiger partial charge in [-0.05, 0) is 54.9 Å². The zero-order chi connectivity index (χ0) is 17.5. The van der Waals surface area contributed by atoms with Crippen molar-refractivity contribution in [2.75, 3.05) is 18.4 Å². The van der Waals surface area contributed by atoms with Crippen molar-refractivity contribution in [3.63, 3.8) is 0 Å². The summed E-state index contributed by atoms with van der Waals surface area (Å²) in [6.07, 6.45) is 5.56. The van der Waals surface area contributed by atoms with Gasteiger partial charge < -0.3 is 5.32 Å². The second-order valence-electron chi connectivity index (χ2n) is 6.43. The maximum Gasteiger partial charge on any atom is 0.228 e. The first-order valence-corrected chi connectivity index (χ1v) is 8.95. The highest BCUT2D eigenvalue weighted by molar-refractivity contribution is 5.91. The topological polar surface area (TPSA) is 88.8 Å². The predicted octanol–water partition coefficient (Wildman–Crippen LogP) is 1.72. The van der Waals surface area contributed by atoms with Gasteiger partial charge in [-0.2, -0.15) is 0 Å². The molecule has 1 N–H and O–H groups in total. The number of tetrazole rings is 1. The molecule has 0 aliphatic carbocycles. The van der Waals surface area contributed by atoms with Gasteiger partial charge in [0, 0.05) is 18.7 Å². The number of nitrogens with zero attached hydrogens (tertiary/aromatic N) is 6. The smallest absolute Gasteiger partial charge is 0.228 e. The second kappa shape index (κ2) is 8.66. The fraction of sp³-hybridized carbons (Fsp3) is 0.588. The number of piperidine rings is 1. The lowest BCUT2D eigenvalue weighted by Gasteiger charge is -2.30. The number of rotatable bonds is 7. The Bertz CT molecular complexity index is 665. The van der Waals surface area contributed by atoms with Crippen LogP contribution in [0.1, 0.15) is 38.4 Å². The summed E-state index contributed by atoms with van der Waals surface area (Å²) >= 11 is 0. The van der Waals surface area contributed by atoms with Crippen LogP contribution < -0.4 is 5.32 Å². The largest absolute Gasteiger partial charge is 0.310 e. The molecule has 0 radical (unpaired) electrons. The lowest BCUT2D eigenvalue weighted by molar-refractivity contribution is -0.121. The lowest BCUT2D eigenvalue weighted by atomic mass is 9.96. The van der Waals surface area contributed by atoms with Crippen molar-refractivity contribution in [2.24, 2.45) is 5.92 Å². The van der Waals surface area contributed by atoms with Crippen molar-refractivity contribution in [3.8, 4) is 0 Å². The molecule has 1 amide bonds. The number of amides is 1. The quantitative estimate of drug-likeness (QED) is 0.823. The Labute approximate surface area is 147 Å². The first kappa shape index (κ1) is 17.5. The van der Waals surface area contributed by atoms with E-state index < -0.39 is 0 Å². The number of carbonyl (C=O) groups is 1. The van der Waals surface area contributed by atoms with Crippen LogP contribution in [0.5, 0.6) is 0 Å². The number of nitrogens with one attached hydrogen (secondary N) is 1. The van der Waals surface area contributed by atoms with Crippen LogP contribution in [0.4, 0.5) is 5.82 Å². The number of anilines is 1. The molecule has 25 heavy (non-hydrogen) atoms. The third-order valence-electron chi connectivity index (χ3n) is 4.57. The van der Waals surface area contributed by atoms with Gasteiger partial charge in [0.1, 0.15) is 5.82 Å². The number of likely N-dealkylation sites (tertiary alicyclic amines) is 1. The summed E-state index contributed by atoms with van der Waals surface area (Å²) in [5, 5.41) is 14.9. The van der Waals surface area contributed by atoms with Crippen LogP contribution >= 0.6 is 0 Å². The van der Waals surface area contributed by atoms with E-state index >= 15 is 0 Å². The molecule has 0 bridgehead atoms. The molecule has 134 valence electrons. The summed E-state index contributed by atoms with van der Waals surface area (Å²) in [6, 6.07) is 5.51. The van der Waals surface area contributed by atoms with Crippen molar-refractivity contribution in [1.82, 2.24) is 30.1 Å². The highest BCUT2D eigenvalue weighted by Gasteiger charge is 2.26. The minimum atomic E-state index is 0.0364. The van der Waals surface area contributed by atoms with Gasteiger partial charge in [-0.15, -0.1) is 5.10 Å². The average molecular weight is 343 g/mol. The Kier molecular flexibility index (Phi) is 6.05. The summed E-state index contributed by atoms with van der Waals surface area (Å²) in [5.74, 6) is 1.62. The van der Waals surface area contributed by atoms with Crippen LogP contribution in [0.15, 0.2) is 24.4 Å². The van der Waals surface area contributed by atoms with Gasteiger partial charge in [0.2, 0.25) is 5.91 Å². The molecule has 0 atom stereocenters. The molecule has 8 heteroatoms. The SMILES string of the molecule is CCCCn1nnnc1CN1CCC(C(=O)Nc2ccccn2)CC1. The van der Waals surface area contributed by atoms with Gasteiger partial charge in [-0.3, -0.25) is 9.69 Å². The zero-order valence-corrected chi connectivity index (χ0v) is 14.6. The van der Waals surface area contributed by atoms with Gasteiger partial charge in [0.05, 0.1) is 6.54 Å². The Morgan fingerprint density at radius 3 is 2.88 bits per heavy atom. The fourth-order valence-electron chi connectivity index (χ4n) is 3.04. The van der Waals surface area contributed by atoms with E-state index in [0.29, 0.717) is 5.82 Å². The van der Waals surface area contributed by atoms with E-state index in [4.69, 9.17) is 0 Å². The summed E-state index contributed by atoms with van der Waals surface area (Å²) in [5.41, 5.74) is 0. The first-order valence-electron chi connectivity index (χ1n) is 8.95. The van der Waals surface area contributed by atoms with E-state index in [0.717, 1.165) is 57.7 Å². The number of aromatic nitrogens is 5. The molecule has 0 saturated carbocycles. The van der Waals surface area contributed by atoms with E-state index in [2.05, 4.69) is 37.6 Å². The Hall–Kier alpha value is -2.35. The van der Waals surface area contributed by atoms with Gasteiger partial charge in [-0.1, -0.05) is 19.4 Å². The van der Waals surface area contributed by atoms with Gasteiger partial charge >= 0.3 is 0 Å². The van der Waals surface area contributed by atoms with Crippen molar-refractivity contribution in [1.29, 1.82) is 0 Å². The third kappa shape index (κ3) is 4.82. The molecular formula is C17H25N7O. The van der Waals surface area contributed by atoms with Crippen molar-refractivity contribution < 1.29 is 4.79 Å². The molecule has 1 aliphatic rings. The van der Waals surface area contributed by atoms with E-state index in [1.165, 1.54) is 0 Å². The molecule has 1 fully saturated rings. The van der Waals surface area contributed by atoms with Gasteiger partial charge in [-0.25, -0.2) is 9.67 Å². The molecular weight excluding hydrogens is 318 g/mol. The number of aryl methyl sites for hydroxylation is 1. The third-order valence-corrected chi connectivity index (χ3v) is 4.57. The van der Waals surface area contributed by atoms with E-state index in [-0.39, 0.29) is 11.8 Å². The standard InChI is InChI=1S/C17H25N7O/c1-2-3-10-24-16(20-21-22-24)13-23-11-7-14(8-12-23)17(25)19-15-6-4-5-9-18-15/h4-6,9,14H,2-3,7-8,10-13H2,1H3,(H,18,19,25). The number of unbranched alkanes of at least 4 members (excludes halogenated alkanes) is 1. The lowest BCUT2D eigenvalue weighted by Crippen LogP contribution is -2.38. The maximum atomic E-state index is 12.4. The minimum absolute atomic E-state index is 0.0364. The molecule has 0 aromatic carbocycles. The van der Waals surface area contributed by atoms with Crippen molar-refractivity contribution >= 4 is 11.7 Å². The van der Waals surface area contributed by atoms with E-state index in [1.54, 1.807) is 6.20 Å². The van der Waals surface area contributed by atoms with Crippen LogP contribution in [0, 0.1) is 5.92 Å². The summed E-state index contributed by atoms with van der Waals surface area (Å²) in [6.45, 7) is 5.51. The average Bonchev–Trinajstić information content (AvgIpc) is 3.08. The van der Waals surface area contributed by atoms with E-state index in [1.807, 2.05) is 22.9 Å². The van der Waals surface area contributed by atoms with Crippen LogP contribution in [0.25, 0.3) is 0 Å². The maximum absolute atomic E-state index is 12.4. The van der Waals surface area contributed by atoms with E-state index in [9.17, 15) is 4.79 Å². The van der Waals surface area contributed by atoms with Crippen LogP contribution in [0.3, 0.4) is 0 Å². The number of hydrogen-bond donors (Lipinski definition) is 1. The van der Waals surface area contributed by atoms with Crippen LogP contribution in [0.2, 0.25) is 0 Å². The first-order chi connectivity index (χ1) is 12.3. The molecule has 0 unspecified atom stereocenters. The monoisotopic (exact) mass is 343 g/mol. The summed E-state index contributed by atoms with van der Waals surface area (Å²) in [4.78, 5) is 18.8. The van der Waals surface area contributed by atoms with Crippen molar-refractivity contribution in [2.45, 2.75) is 45.7 Å². The summed E-state index contributed by atoms with van der Waals surface area (Å²) < 4.78 is 1.89. The molecule has 3 rings (SSSR count).